The van der Waals surface area contributed by atoms with Gasteiger partial charge in [-0.15, -0.1) is 5.10 Å². The van der Waals surface area contributed by atoms with Gasteiger partial charge in [-0.05, 0) is 62.2 Å². The largest absolute Gasteiger partial charge is 0.423 e. The Labute approximate surface area is 128 Å². The fraction of sp³-hybridized carbons (Fsp3) is 0.235. The van der Waals surface area contributed by atoms with Crippen LogP contribution >= 0.6 is 0 Å². The highest BCUT2D eigenvalue weighted by Crippen LogP contribution is 2.19. The van der Waals surface area contributed by atoms with E-state index >= 15 is 0 Å². The number of hydrogen-bond acceptors (Lipinski definition) is 4. The van der Waals surface area contributed by atoms with Crippen molar-refractivity contribution in [2.45, 2.75) is 27.3 Å². The van der Waals surface area contributed by atoms with E-state index in [1.54, 1.807) is 16.8 Å². The maximum absolute atomic E-state index is 12.3. The second kappa shape index (κ2) is 5.60. The minimum Gasteiger partial charge on any atom is -0.423 e. The van der Waals surface area contributed by atoms with Crippen LogP contribution in [0.15, 0.2) is 36.4 Å². The number of carbonyl (C=O) groups excluding carboxylic acids is 1. The lowest BCUT2D eigenvalue weighted by Crippen LogP contribution is -2.08. The van der Waals surface area contributed by atoms with E-state index in [0.29, 0.717) is 16.8 Å². The van der Waals surface area contributed by atoms with Crippen molar-refractivity contribution < 1.29 is 9.53 Å². The molecule has 1 aromatic heterocycles. The van der Waals surface area contributed by atoms with Crippen LogP contribution in [-0.4, -0.2) is 21.0 Å². The van der Waals surface area contributed by atoms with Gasteiger partial charge in [0, 0.05) is 6.54 Å². The fourth-order valence-electron chi connectivity index (χ4n) is 2.49. The monoisotopic (exact) mass is 295 g/mol. The van der Waals surface area contributed by atoms with Crippen molar-refractivity contribution in [3.63, 3.8) is 0 Å². The van der Waals surface area contributed by atoms with Gasteiger partial charge in [0.25, 0.3) is 0 Å². The molecule has 0 atom stereocenters. The lowest BCUT2D eigenvalue weighted by molar-refractivity contribution is 0.0735. The number of hydrogen-bond donors (Lipinski definition) is 0. The predicted molar refractivity (Wildman–Crippen MR) is 84.1 cm³/mol. The SMILES string of the molecule is CCn1nnc2cc(C(=O)Oc3cc(C)cc(C)c3)ccc21. The summed E-state index contributed by atoms with van der Waals surface area (Å²) in [5.74, 6) is 0.165. The van der Waals surface area contributed by atoms with E-state index in [2.05, 4.69) is 10.3 Å². The molecule has 0 N–H and O–H groups in total. The van der Waals surface area contributed by atoms with Crippen LogP contribution in [0, 0.1) is 13.8 Å². The van der Waals surface area contributed by atoms with Crippen LogP contribution in [0.2, 0.25) is 0 Å². The summed E-state index contributed by atoms with van der Waals surface area (Å²) in [4.78, 5) is 12.3. The van der Waals surface area contributed by atoms with Crippen molar-refractivity contribution in [2.24, 2.45) is 0 Å². The van der Waals surface area contributed by atoms with Crippen LogP contribution in [-0.2, 0) is 6.54 Å². The minimum atomic E-state index is -0.391. The highest BCUT2D eigenvalue weighted by Gasteiger charge is 2.12. The number of aryl methyl sites for hydroxylation is 3. The van der Waals surface area contributed by atoms with Gasteiger partial charge in [-0.1, -0.05) is 11.3 Å². The Morgan fingerprint density at radius 1 is 1.14 bits per heavy atom. The third kappa shape index (κ3) is 2.70. The zero-order valence-electron chi connectivity index (χ0n) is 12.8. The molecule has 0 aliphatic carbocycles. The lowest BCUT2D eigenvalue weighted by atomic mass is 10.1. The summed E-state index contributed by atoms with van der Waals surface area (Å²) >= 11 is 0. The Kier molecular flexibility index (Phi) is 3.63. The summed E-state index contributed by atoms with van der Waals surface area (Å²) in [6.45, 7) is 6.68. The number of esters is 1. The Morgan fingerprint density at radius 2 is 1.86 bits per heavy atom. The quantitative estimate of drug-likeness (QED) is 0.549. The molecule has 0 spiro atoms. The molecule has 0 unspecified atom stereocenters. The summed E-state index contributed by atoms with van der Waals surface area (Å²) in [7, 11) is 0. The highest BCUT2D eigenvalue weighted by molar-refractivity contribution is 5.94. The average molecular weight is 295 g/mol. The second-order valence-corrected chi connectivity index (χ2v) is 5.32. The zero-order valence-corrected chi connectivity index (χ0v) is 12.8. The summed E-state index contributed by atoms with van der Waals surface area (Å²) in [6, 6.07) is 11.0. The Bertz CT molecular complexity index is 832. The zero-order chi connectivity index (χ0) is 15.7. The number of nitrogens with zero attached hydrogens (tertiary/aromatic N) is 3. The van der Waals surface area contributed by atoms with E-state index in [9.17, 15) is 4.79 Å². The molecule has 3 aromatic rings. The number of carbonyl (C=O) groups is 1. The van der Waals surface area contributed by atoms with Crippen LogP contribution in [0.25, 0.3) is 11.0 Å². The molecule has 0 aliphatic rings. The summed E-state index contributed by atoms with van der Waals surface area (Å²) in [6.07, 6.45) is 0. The Hall–Kier alpha value is -2.69. The topological polar surface area (TPSA) is 57.0 Å². The summed E-state index contributed by atoms with van der Waals surface area (Å²) < 4.78 is 7.24. The standard InChI is InChI=1S/C17H17N3O2/c1-4-20-16-6-5-13(10-15(16)18-19-20)17(21)22-14-8-11(2)7-12(3)9-14/h5-10H,4H2,1-3H3. The number of aromatic nitrogens is 3. The van der Waals surface area contributed by atoms with E-state index in [-0.39, 0.29) is 0 Å². The Balaban J connectivity index is 1.88. The molecule has 0 amide bonds. The molecule has 0 bridgehead atoms. The van der Waals surface area contributed by atoms with Crippen molar-refractivity contribution in [2.75, 3.05) is 0 Å². The molecule has 22 heavy (non-hydrogen) atoms. The minimum absolute atomic E-state index is 0.391. The number of fused-ring (bicyclic) bond motifs is 1. The molecule has 0 saturated carbocycles. The van der Waals surface area contributed by atoms with Gasteiger partial charge in [-0.3, -0.25) is 0 Å². The molecule has 0 saturated heterocycles. The van der Waals surface area contributed by atoms with Gasteiger partial charge in [-0.2, -0.15) is 0 Å². The molecule has 5 nitrogen and oxygen atoms in total. The average Bonchev–Trinajstić information content (AvgIpc) is 2.88. The highest BCUT2D eigenvalue weighted by atomic mass is 16.5. The first-order valence-electron chi connectivity index (χ1n) is 7.20. The smallest absolute Gasteiger partial charge is 0.343 e. The first-order chi connectivity index (χ1) is 10.6. The van der Waals surface area contributed by atoms with Gasteiger partial charge in [-0.25, -0.2) is 9.48 Å². The van der Waals surface area contributed by atoms with Gasteiger partial charge in [0.2, 0.25) is 0 Å². The first-order valence-corrected chi connectivity index (χ1v) is 7.20. The van der Waals surface area contributed by atoms with Crippen LogP contribution in [0.5, 0.6) is 5.75 Å². The molecule has 3 rings (SSSR count). The van der Waals surface area contributed by atoms with Crippen molar-refractivity contribution in [1.29, 1.82) is 0 Å². The van der Waals surface area contributed by atoms with Crippen LogP contribution < -0.4 is 4.74 Å². The maximum Gasteiger partial charge on any atom is 0.343 e. The number of ether oxygens (including phenoxy) is 1. The molecule has 2 aromatic carbocycles. The molecule has 5 heteroatoms. The van der Waals surface area contributed by atoms with Crippen LogP contribution in [0.3, 0.4) is 0 Å². The van der Waals surface area contributed by atoms with E-state index in [1.807, 2.05) is 45.0 Å². The molecule has 112 valence electrons. The molecular formula is C17H17N3O2. The van der Waals surface area contributed by atoms with Gasteiger partial charge in [0.1, 0.15) is 11.3 Å². The van der Waals surface area contributed by atoms with E-state index < -0.39 is 5.97 Å². The van der Waals surface area contributed by atoms with Gasteiger partial charge < -0.3 is 4.74 Å². The van der Waals surface area contributed by atoms with Gasteiger partial charge in [0.15, 0.2) is 0 Å². The van der Waals surface area contributed by atoms with Crippen molar-refractivity contribution >= 4 is 17.0 Å². The molecule has 1 heterocycles. The third-order valence-corrected chi connectivity index (χ3v) is 3.45. The normalized spacial score (nSPS) is 10.9. The molecular weight excluding hydrogens is 278 g/mol. The first kappa shape index (κ1) is 14.3. The lowest BCUT2D eigenvalue weighted by Gasteiger charge is -2.06. The van der Waals surface area contributed by atoms with Crippen molar-refractivity contribution in [3.05, 3.63) is 53.1 Å². The van der Waals surface area contributed by atoms with Gasteiger partial charge in [0.05, 0.1) is 11.1 Å². The number of rotatable bonds is 3. The van der Waals surface area contributed by atoms with Crippen molar-refractivity contribution in [3.8, 4) is 5.75 Å². The molecule has 0 fully saturated rings. The molecule has 0 radical (unpaired) electrons. The summed E-state index contributed by atoms with van der Waals surface area (Å²) in [5.41, 5.74) is 4.19. The van der Waals surface area contributed by atoms with Crippen LogP contribution in [0.1, 0.15) is 28.4 Å². The second-order valence-electron chi connectivity index (χ2n) is 5.32. The predicted octanol–water partition coefficient (Wildman–Crippen LogP) is 3.29. The summed E-state index contributed by atoms with van der Waals surface area (Å²) in [5, 5.41) is 8.11. The van der Waals surface area contributed by atoms with E-state index in [4.69, 9.17) is 4.74 Å². The van der Waals surface area contributed by atoms with E-state index in [0.717, 1.165) is 23.2 Å². The van der Waals surface area contributed by atoms with Crippen molar-refractivity contribution in [1.82, 2.24) is 15.0 Å². The fourth-order valence-corrected chi connectivity index (χ4v) is 2.49. The number of benzene rings is 2. The van der Waals surface area contributed by atoms with Gasteiger partial charge >= 0.3 is 5.97 Å². The van der Waals surface area contributed by atoms with Crippen LogP contribution in [0.4, 0.5) is 0 Å². The Morgan fingerprint density at radius 3 is 2.55 bits per heavy atom. The maximum atomic E-state index is 12.3. The molecule has 0 aliphatic heterocycles. The third-order valence-electron chi connectivity index (χ3n) is 3.45. The van der Waals surface area contributed by atoms with E-state index in [1.165, 1.54) is 0 Å².